The first-order valence-corrected chi connectivity index (χ1v) is 9.17. The molecule has 5 nitrogen and oxygen atoms in total. The topological polar surface area (TPSA) is 61.6 Å². The highest BCUT2D eigenvalue weighted by atomic mass is 16.2. The van der Waals surface area contributed by atoms with Gasteiger partial charge in [0.1, 0.15) is 0 Å². The largest absolute Gasteiger partial charge is 0.397 e. The molecule has 0 atom stereocenters. The van der Waals surface area contributed by atoms with Crippen molar-refractivity contribution in [2.75, 3.05) is 38.2 Å². The summed E-state index contributed by atoms with van der Waals surface area (Å²) in [5.41, 5.74) is 9.70. The number of piperidine rings is 1. The van der Waals surface area contributed by atoms with Crippen LogP contribution in [0.3, 0.4) is 0 Å². The van der Waals surface area contributed by atoms with Crippen molar-refractivity contribution in [1.82, 2.24) is 9.80 Å². The first kappa shape index (κ1) is 18.3. The summed E-state index contributed by atoms with van der Waals surface area (Å²) in [6.07, 6.45) is 2.18. The summed E-state index contributed by atoms with van der Waals surface area (Å²) in [4.78, 5) is 16.1. The fourth-order valence-corrected chi connectivity index (χ4v) is 3.38. The fourth-order valence-electron chi connectivity index (χ4n) is 3.38. The summed E-state index contributed by atoms with van der Waals surface area (Å²) in [6, 6.07) is 16.5. The molecule has 0 radical (unpaired) electrons. The van der Waals surface area contributed by atoms with Crippen LogP contribution in [-0.2, 0) is 6.54 Å². The normalized spacial score (nSPS) is 15.6. The van der Waals surface area contributed by atoms with Crippen molar-refractivity contribution in [2.45, 2.75) is 25.4 Å². The Morgan fingerprint density at radius 2 is 1.85 bits per heavy atom. The summed E-state index contributed by atoms with van der Waals surface area (Å²) in [5, 5.41) is 3.55. The molecule has 1 saturated heterocycles. The number of nitrogens with two attached hydrogens (primary N) is 1. The van der Waals surface area contributed by atoms with Gasteiger partial charge in [-0.2, -0.15) is 0 Å². The molecule has 0 saturated carbocycles. The lowest BCUT2D eigenvalue weighted by molar-refractivity contribution is 0.0827. The molecule has 5 heteroatoms. The number of hydrogen-bond acceptors (Lipinski definition) is 4. The van der Waals surface area contributed by atoms with E-state index in [-0.39, 0.29) is 5.91 Å². The van der Waals surface area contributed by atoms with E-state index in [9.17, 15) is 4.79 Å². The van der Waals surface area contributed by atoms with Gasteiger partial charge in [0.05, 0.1) is 11.4 Å². The maximum Gasteiger partial charge on any atom is 0.253 e. The Morgan fingerprint density at radius 3 is 2.46 bits per heavy atom. The van der Waals surface area contributed by atoms with E-state index in [1.807, 2.05) is 12.1 Å². The summed E-state index contributed by atoms with van der Waals surface area (Å²) in [7, 11) is 3.49. The number of hydrogen-bond donors (Lipinski definition) is 2. The predicted molar refractivity (Wildman–Crippen MR) is 107 cm³/mol. The molecule has 0 bridgehead atoms. The van der Waals surface area contributed by atoms with E-state index in [0.29, 0.717) is 17.3 Å². The molecule has 1 fully saturated rings. The van der Waals surface area contributed by atoms with Crippen molar-refractivity contribution >= 4 is 17.3 Å². The van der Waals surface area contributed by atoms with E-state index in [2.05, 4.69) is 40.5 Å². The molecule has 0 unspecified atom stereocenters. The second-order valence-corrected chi connectivity index (χ2v) is 7.18. The zero-order chi connectivity index (χ0) is 18.5. The van der Waals surface area contributed by atoms with E-state index in [1.165, 1.54) is 5.56 Å². The Morgan fingerprint density at radius 1 is 1.15 bits per heavy atom. The lowest BCUT2D eigenvalue weighted by atomic mass is 10.0. The molecule has 0 aliphatic carbocycles. The fraction of sp³-hybridized carbons (Fsp3) is 0.381. The van der Waals surface area contributed by atoms with Crippen LogP contribution >= 0.6 is 0 Å². The maximum atomic E-state index is 12.0. The minimum atomic E-state index is -0.0301. The van der Waals surface area contributed by atoms with E-state index < -0.39 is 0 Å². The monoisotopic (exact) mass is 352 g/mol. The molecular formula is C21H28N4O. The number of benzene rings is 2. The number of carbonyl (C=O) groups excluding carboxylic acids is 1. The molecule has 3 N–H and O–H groups in total. The van der Waals surface area contributed by atoms with Crippen LogP contribution in [0, 0.1) is 0 Å². The molecule has 26 heavy (non-hydrogen) atoms. The van der Waals surface area contributed by atoms with Crippen molar-refractivity contribution in [3.05, 3.63) is 59.7 Å². The van der Waals surface area contributed by atoms with Crippen molar-refractivity contribution in [2.24, 2.45) is 0 Å². The molecule has 1 amide bonds. The third kappa shape index (κ3) is 4.55. The zero-order valence-corrected chi connectivity index (χ0v) is 15.6. The molecule has 3 rings (SSSR count). The van der Waals surface area contributed by atoms with Gasteiger partial charge in [0.2, 0.25) is 0 Å². The molecule has 2 aromatic rings. The average molecular weight is 352 g/mol. The van der Waals surface area contributed by atoms with Gasteiger partial charge in [-0.15, -0.1) is 0 Å². The maximum absolute atomic E-state index is 12.0. The van der Waals surface area contributed by atoms with Gasteiger partial charge in [-0.25, -0.2) is 0 Å². The molecule has 2 aromatic carbocycles. The molecule has 0 aromatic heterocycles. The lowest BCUT2D eigenvalue weighted by Gasteiger charge is -2.33. The minimum Gasteiger partial charge on any atom is -0.397 e. The Bertz CT molecular complexity index is 737. The van der Waals surface area contributed by atoms with Crippen molar-refractivity contribution in [3.63, 3.8) is 0 Å². The van der Waals surface area contributed by atoms with Gasteiger partial charge in [-0.1, -0.05) is 30.3 Å². The number of nitrogens with zero attached hydrogens (tertiary/aromatic N) is 2. The third-order valence-electron chi connectivity index (χ3n) is 4.90. The number of amides is 1. The molecule has 0 spiro atoms. The summed E-state index contributed by atoms with van der Waals surface area (Å²) < 4.78 is 0. The van der Waals surface area contributed by atoms with E-state index in [0.717, 1.165) is 38.2 Å². The van der Waals surface area contributed by atoms with Gasteiger partial charge in [-0.05, 0) is 36.6 Å². The number of nitrogens with one attached hydrogen (secondary N) is 1. The molecule has 138 valence electrons. The SMILES string of the molecule is CN(C)C(=O)c1ccc(NC2CCN(Cc3ccccc3)CC2)c(N)c1. The Labute approximate surface area is 155 Å². The van der Waals surface area contributed by atoms with Gasteiger partial charge in [-0.3, -0.25) is 9.69 Å². The summed E-state index contributed by atoms with van der Waals surface area (Å²) in [5.74, 6) is -0.0301. The van der Waals surface area contributed by atoms with Gasteiger partial charge >= 0.3 is 0 Å². The molecule has 1 aliphatic heterocycles. The first-order chi connectivity index (χ1) is 12.5. The van der Waals surface area contributed by atoms with Crippen LogP contribution in [0.15, 0.2) is 48.5 Å². The number of anilines is 2. The van der Waals surface area contributed by atoms with Crippen molar-refractivity contribution < 1.29 is 4.79 Å². The van der Waals surface area contributed by atoms with Crippen LogP contribution in [0.5, 0.6) is 0 Å². The van der Waals surface area contributed by atoms with Crippen molar-refractivity contribution in [1.29, 1.82) is 0 Å². The van der Waals surface area contributed by atoms with Gasteiger partial charge in [0.15, 0.2) is 0 Å². The highest BCUT2D eigenvalue weighted by molar-refractivity contribution is 5.95. The predicted octanol–water partition coefficient (Wildman–Crippen LogP) is 3.05. The Kier molecular flexibility index (Phi) is 5.78. The highest BCUT2D eigenvalue weighted by Crippen LogP contribution is 2.24. The summed E-state index contributed by atoms with van der Waals surface area (Å²) in [6.45, 7) is 3.16. The summed E-state index contributed by atoms with van der Waals surface area (Å²) >= 11 is 0. The minimum absolute atomic E-state index is 0.0301. The number of carbonyl (C=O) groups is 1. The second-order valence-electron chi connectivity index (χ2n) is 7.18. The average Bonchev–Trinajstić information content (AvgIpc) is 2.65. The molecular weight excluding hydrogens is 324 g/mol. The smallest absolute Gasteiger partial charge is 0.253 e. The standard InChI is InChI=1S/C21H28N4O/c1-24(2)21(26)17-8-9-20(19(22)14-17)23-18-10-12-25(13-11-18)15-16-6-4-3-5-7-16/h3-9,14,18,23H,10-13,15,22H2,1-2H3. The number of likely N-dealkylation sites (tertiary alicyclic amines) is 1. The number of rotatable bonds is 5. The Balaban J connectivity index is 1.54. The molecule has 1 aliphatic rings. The van der Waals surface area contributed by atoms with Crippen LogP contribution < -0.4 is 11.1 Å². The van der Waals surface area contributed by atoms with Gasteiger partial charge in [0.25, 0.3) is 5.91 Å². The number of nitrogen functional groups attached to an aromatic ring is 1. The second kappa shape index (κ2) is 8.23. The van der Waals surface area contributed by atoms with Crippen LogP contribution in [0.2, 0.25) is 0 Å². The Hall–Kier alpha value is -2.53. The first-order valence-electron chi connectivity index (χ1n) is 9.17. The third-order valence-corrected chi connectivity index (χ3v) is 4.90. The zero-order valence-electron chi connectivity index (χ0n) is 15.6. The van der Waals surface area contributed by atoms with E-state index >= 15 is 0 Å². The molecule has 1 heterocycles. The van der Waals surface area contributed by atoms with Crippen LogP contribution in [0.1, 0.15) is 28.8 Å². The van der Waals surface area contributed by atoms with Crippen molar-refractivity contribution in [3.8, 4) is 0 Å². The quantitative estimate of drug-likeness (QED) is 0.812. The lowest BCUT2D eigenvalue weighted by Crippen LogP contribution is -2.38. The van der Waals surface area contributed by atoms with E-state index in [1.54, 1.807) is 25.1 Å². The van der Waals surface area contributed by atoms with Gasteiger partial charge < -0.3 is 16.0 Å². The van der Waals surface area contributed by atoms with Crippen LogP contribution in [0.4, 0.5) is 11.4 Å². The highest BCUT2D eigenvalue weighted by Gasteiger charge is 2.20. The van der Waals surface area contributed by atoms with Crippen LogP contribution in [-0.4, -0.2) is 48.9 Å². The van der Waals surface area contributed by atoms with Crippen LogP contribution in [0.25, 0.3) is 0 Å². The van der Waals surface area contributed by atoms with E-state index in [4.69, 9.17) is 5.73 Å². The van der Waals surface area contributed by atoms with Gasteiger partial charge in [0, 0.05) is 45.3 Å².